The van der Waals surface area contributed by atoms with Crippen LogP contribution in [0.3, 0.4) is 0 Å². The van der Waals surface area contributed by atoms with Gasteiger partial charge in [-0.2, -0.15) is 5.10 Å². The molecular formula is C15H22N4O2. The molecule has 114 valence electrons. The summed E-state index contributed by atoms with van der Waals surface area (Å²) in [5, 5.41) is 7.76. The lowest BCUT2D eigenvalue weighted by Crippen LogP contribution is -2.06. The summed E-state index contributed by atoms with van der Waals surface area (Å²) >= 11 is 0. The second kappa shape index (κ2) is 6.39. The maximum atomic E-state index is 6.11. The average Bonchev–Trinajstić information content (AvgIpc) is 2.75. The van der Waals surface area contributed by atoms with E-state index in [1.165, 1.54) is 0 Å². The van der Waals surface area contributed by atoms with Gasteiger partial charge in [0.1, 0.15) is 0 Å². The van der Waals surface area contributed by atoms with Crippen molar-refractivity contribution >= 4 is 17.2 Å². The molecule has 1 aromatic carbocycles. The number of hydrogen-bond donors (Lipinski definition) is 2. The van der Waals surface area contributed by atoms with Crippen LogP contribution in [0.2, 0.25) is 0 Å². The summed E-state index contributed by atoms with van der Waals surface area (Å²) in [6, 6.07) is 5.64. The summed E-state index contributed by atoms with van der Waals surface area (Å²) in [5.41, 5.74) is 8.47. The fraction of sp³-hybridized carbons (Fsp3) is 0.400. The third kappa shape index (κ3) is 3.04. The topological polar surface area (TPSA) is 74.3 Å². The van der Waals surface area contributed by atoms with Crippen LogP contribution in [0.15, 0.2) is 18.2 Å². The van der Waals surface area contributed by atoms with Gasteiger partial charge in [0, 0.05) is 18.3 Å². The number of hydrogen-bond acceptors (Lipinski definition) is 5. The summed E-state index contributed by atoms with van der Waals surface area (Å²) in [4.78, 5) is 0. The van der Waals surface area contributed by atoms with E-state index in [1.54, 1.807) is 14.2 Å². The van der Waals surface area contributed by atoms with Crippen molar-refractivity contribution in [3.8, 4) is 11.5 Å². The average molecular weight is 290 g/mol. The fourth-order valence-corrected chi connectivity index (χ4v) is 2.15. The van der Waals surface area contributed by atoms with E-state index in [-0.39, 0.29) is 0 Å². The standard InChI is InChI=1S/C15H22N4O2/c1-5-8-19-15(14(16)10(2)18-19)17-11-6-7-12(20-3)13(9-11)21-4/h6-7,9,17H,5,8,16H2,1-4H3. The molecule has 0 radical (unpaired) electrons. The van der Waals surface area contributed by atoms with E-state index in [0.717, 1.165) is 30.2 Å². The molecule has 21 heavy (non-hydrogen) atoms. The van der Waals surface area contributed by atoms with E-state index < -0.39 is 0 Å². The fourth-order valence-electron chi connectivity index (χ4n) is 2.15. The van der Waals surface area contributed by atoms with Crippen LogP contribution < -0.4 is 20.5 Å². The number of aromatic nitrogens is 2. The summed E-state index contributed by atoms with van der Waals surface area (Å²) < 4.78 is 12.4. The van der Waals surface area contributed by atoms with Gasteiger partial charge < -0.3 is 20.5 Å². The Kier molecular flexibility index (Phi) is 4.57. The van der Waals surface area contributed by atoms with Crippen molar-refractivity contribution in [1.29, 1.82) is 0 Å². The lowest BCUT2D eigenvalue weighted by atomic mass is 10.2. The van der Waals surface area contributed by atoms with Crippen molar-refractivity contribution in [2.75, 3.05) is 25.3 Å². The van der Waals surface area contributed by atoms with Crippen molar-refractivity contribution in [2.24, 2.45) is 0 Å². The lowest BCUT2D eigenvalue weighted by molar-refractivity contribution is 0.355. The number of nitrogen functional groups attached to an aromatic ring is 1. The highest BCUT2D eigenvalue weighted by atomic mass is 16.5. The molecule has 0 fully saturated rings. The summed E-state index contributed by atoms with van der Waals surface area (Å²) in [6.07, 6.45) is 0.987. The molecule has 6 nitrogen and oxygen atoms in total. The van der Waals surface area contributed by atoms with Gasteiger partial charge in [0.15, 0.2) is 17.3 Å². The molecule has 2 rings (SSSR count). The van der Waals surface area contributed by atoms with Crippen molar-refractivity contribution < 1.29 is 9.47 Å². The van der Waals surface area contributed by atoms with E-state index in [2.05, 4.69) is 17.3 Å². The van der Waals surface area contributed by atoms with E-state index in [9.17, 15) is 0 Å². The highest BCUT2D eigenvalue weighted by molar-refractivity contribution is 5.72. The Morgan fingerprint density at radius 1 is 1.24 bits per heavy atom. The van der Waals surface area contributed by atoms with E-state index in [1.807, 2.05) is 29.8 Å². The number of nitrogens with two attached hydrogens (primary N) is 1. The minimum Gasteiger partial charge on any atom is -0.493 e. The third-order valence-corrected chi connectivity index (χ3v) is 3.26. The van der Waals surface area contributed by atoms with Gasteiger partial charge in [-0.05, 0) is 25.5 Å². The molecule has 0 bridgehead atoms. The molecule has 0 saturated carbocycles. The molecule has 1 aromatic heterocycles. The number of benzene rings is 1. The second-order valence-corrected chi connectivity index (χ2v) is 4.77. The Hall–Kier alpha value is -2.37. The normalized spacial score (nSPS) is 10.5. The van der Waals surface area contributed by atoms with Crippen LogP contribution in [0.5, 0.6) is 11.5 Å². The van der Waals surface area contributed by atoms with Gasteiger partial charge in [-0.1, -0.05) is 6.92 Å². The zero-order valence-corrected chi connectivity index (χ0v) is 12.9. The van der Waals surface area contributed by atoms with Crippen LogP contribution in [0.4, 0.5) is 17.2 Å². The molecule has 3 N–H and O–H groups in total. The first-order valence-corrected chi connectivity index (χ1v) is 6.92. The van der Waals surface area contributed by atoms with Crippen LogP contribution in [-0.4, -0.2) is 24.0 Å². The van der Waals surface area contributed by atoms with Gasteiger partial charge in [-0.25, -0.2) is 4.68 Å². The summed E-state index contributed by atoms with van der Waals surface area (Å²) in [7, 11) is 3.23. The van der Waals surface area contributed by atoms with Gasteiger partial charge in [-0.3, -0.25) is 0 Å². The van der Waals surface area contributed by atoms with Gasteiger partial charge in [0.05, 0.1) is 25.6 Å². The number of aryl methyl sites for hydroxylation is 2. The van der Waals surface area contributed by atoms with Gasteiger partial charge in [0.2, 0.25) is 0 Å². The van der Waals surface area contributed by atoms with Crippen molar-refractivity contribution in [1.82, 2.24) is 9.78 Å². The monoisotopic (exact) mass is 290 g/mol. The van der Waals surface area contributed by atoms with Crippen LogP contribution in [0.25, 0.3) is 0 Å². The Balaban J connectivity index is 2.33. The zero-order valence-electron chi connectivity index (χ0n) is 12.9. The molecule has 0 spiro atoms. The van der Waals surface area contributed by atoms with Crippen LogP contribution in [0.1, 0.15) is 19.0 Å². The summed E-state index contributed by atoms with van der Waals surface area (Å²) in [6.45, 7) is 4.82. The van der Waals surface area contributed by atoms with Gasteiger partial charge in [0.25, 0.3) is 0 Å². The number of nitrogens with one attached hydrogen (secondary N) is 1. The van der Waals surface area contributed by atoms with E-state index >= 15 is 0 Å². The highest BCUT2D eigenvalue weighted by Crippen LogP contribution is 2.33. The SMILES string of the molecule is CCCn1nc(C)c(N)c1Nc1ccc(OC)c(OC)c1. The first kappa shape index (κ1) is 15.0. The maximum absolute atomic E-state index is 6.11. The number of nitrogens with zero attached hydrogens (tertiary/aromatic N) is 2. The molecule has 2 aromatic rings. The minimum atomic E-state index is 0.665. The first-order valence-electron chi connectivity index (χ1n) is 6.92. The number of rotatable bonds is 6. The highest BCUT2D eigenvalue weighted by Gasteiger charge is 2.13. The van der Waals surface area contributed by atoms with Crippen molar-refractivity contribution in [3.63, 3.8) is 0 Å². The molecule has 0 aliphatic heterocycles. The molecule has 6 heteroatoms. The molecule has 0 aliphatic carbocycles. The quantitative estimate of drug-likeness (QED) is 0.855. The van der Waals surface area contributed by atoms with Gasteiger partial charge in [-0.15, -0.1) is 0 Å². The zero-order chi connectivity index (χ0) is 15.4. The molecule has 0 unspecified atom stereocenters. The second-order valence-electron chi connectivity index (χ2n) is 4.77. The largest absolute Gasteiger partial charge is 0.493 e. The molecule has 0 aliphatic rings. The number of methoxy groups -OCH3 is 2. The van der Waals surface area contributed by atoms with E-state index in [0.29, 0.717) is 17.2 Å². The number of ether oxygens (including phenoxy) is 2. The van der Waals surface area contributed by atoms with Crippen LogP contribution >= 0.6 is 0 Å². The predicted octanol–water partition coefficient (Wildman–Crippen LogP) is 2.94. The smallest absolute Gasteiger partial charge is 0.162 e. The summed E-state index contributed by atoms with van der Waals surface area (Å²) in [5.74, 6) is 2.16. The third-order valence-electron chi connectivity index (χ3n) is 3.26. The molecular weight excluding hydrogens is 268 g/mol. The molecule has 0 atom stereocenters. The Labute approximate surface area is 124 Å². The van der Waals surface area contributed by atoms with Crippen LogP contribution in [-0.2, 0) is 6.54 Å². The predicted molar refractivity (Wildman–Crippen MR) is 84.5 cm³/mol. The first-order chi connectivity index (χ1) is 10.1. The Morgan fingerprint density at radius 3 is 2.57 bits per heavy atom. The van der Waals surface area contributed by atoms with Crippen LogP contribution in [0, 0.1) is 6.92 Å². The van der Waals surface area contributed by atoms with E-state index in [4.69, 9.17) is 15.2 Å². The minimum absolute atomic E-state index is 0.665. The van der Waals surface area contributed by atoms with Crippen molar-refractivity contribution in [2.45, 2.75) is 26.8 Å². The molecule has 1 heterocycles. The Morgan fingerprint density at radius 2 is 1.95 bits per heavy atom. The molecule has 0 amide bonds. The van der Waals surface area contributed by atoms with Gasteiger partial charge >= 0.3 is 0 Å². The Bertz CT molecular complexity index is 622. The maximum Gasteiger partial charge on any atom is 0.162 e. The number of anilines is 3. The lowest BCUT2D eigenvalue weighted by Gasteiger charge is -2.13. The molecule has 0 saturated heterocycles. The van der Waals surface area contributed by atoms with Crippen molar-refractivity contribution in [3.05, 3.63) is 23.9 Å².